The maximum atomic E-state index is 12.7. The second-order valence-electron chi connectivity index (χ2n) is 7.83. The number of nitrogens with one attached hydrogen (secondary N) is 2. The molecule has 1 fully saturated rings. The number of thiazole rings is 1. The van der Waals surface area contributed by atoms with Crippen LogP contribution < -0.4 is 10.6 Å². The number of aromatic nitrogens is 1. The molecule has 1 saturated carbocycles. The fourth-order valence-electron chi connectivity index (χ4n) is 3.97. The first-order valence-electron chi connectivity index (χ1n) is 9.90. The molecule has 3 aliphatic rings. The number of anilines is 1. The quantitative estimate of drug-likeness (QED) is 0.733. The number of fused-ring (bicyclic) bond motifs is 1. The lowest BCUT2D eigenvalue weighted by molar-refractivity contribution is -0.118. The smallest absolute Gasteiger partial charge is 0.252 e. The van der Waals surface area contributed by atoms with Crippen LogP contribution in [0.15, 0.2) is 34.6 Å². The molecule has 2 heterocycles. The van der Waals surface area contributed by atoms with E-state index in [1.165, 1.54) is 4.88 Å². The molecule has 0 radical (unpaired) electrons. The van der Waals surface area contributed by atoms with Crippen LogP contribution in [0.25, 0.3) is 0 Å². The Morgan fingerprint density at radius 1 is 1.32 bits per heavy atom. The number of rotatable bonds is 5. The minimum atomic E-state index is -0.0634. The molecule has 1 atom stereocenters. The molecule has 2 N–H and O–H groups in total. The van der Waals surface area contributed by atoms with Crippen molar-refractivity contribution in [3.8, 4) is 0 Å². The predicted octanol–water partition coefficient (Wildman–Crippen LogP) is 4.58. The summed E-state index contributed by atoms with van der Waals surface area (Å²) in [5.74, 6) is 0.561. The van der Waals surface area contributed by atoms with Gasteiger partial charge in [-0.05, 0) is 63.2 Å². The average Bonchev–Trinajstić information content (AvgIpc) is 3.26. The second kappa shape index (κ2) is 8.29. The van der Waals surface area contributed by atoms with E-state index in [2.05, 4.69) is 22.5 Å². The van der Waals surface area contributed by atoms with Crippen molar-refractivity contribution in [2.45, 2.75) is 58.1 Å². The largest absolute Gasteiger partial charge is 0.493 e. The Balaban J connectivity index is 1.25. The highest BCUT2D eigenvalue weighted by atomic mass is 35.5. The summed E-state index contributed by atoms with van der Waals surface area (Å²) in [4.78, 5) is 18.5. The van der Waals surface area contributed by atoms with Gasteiger partial charge in [-0.2, -0.15) is 0 Å². The standard InChI is InChI=1S/C21H26ClN3O2S/c1-12-13(2)28-21(24-12)23-11-14-3-5-16(6-4-14)25-20(26)17-9-15-7-8-27-19(15)10-18(17)22/h7-9,14,16,19H,3-6,10-11H2,1-2H3,(H,23,24)(H,25,26). The van der Waals surface area contributed by atoms with E-state index in [4.69, 9.17) is 16.3 Å². The molecule has 0 saturated heterocycles. The molecule has 1 aromatic rings. The van der Waals surface area contributed by atoms with E-state index < -0.39 is 0 Å². The van der Waals surface area contributed by atoms with E-state index >= 15 is 0 Å². The number of ether oxygens (including phenoxy) is 1. The van der Waals surface area contributed by atoms with Crippen molar-refractivity contribution >= 4 is 34.0 Å². The molecular formula is C21H26ClN3O2S. The monoisotopic (exact) mass is 419 g/mol. The predicted molar refractivity (Wildman–Crippen MR) is 114 cm³/mol. The Kier molecular flexibility index (Phi) is 5.78. The van der Waals surface area contributed by atoms with Gasteiger partial charge < -0.3 is 15.4 Å². The van der Waals surface area contributed by atoms with Gasteiger partial charge in [0.2, 0.25) is 0 Å². The first kappa shape index (κ1) is 19.5. The number of carbonyl (C=O) groups excluding carboxylic acids is 1. The zero-order valence-corrected chi connectivity index (χ0v) is 17.8. The first-order chi connectivity index (χ1) is 13.5. The van der Waals surface area contributed by atoms with Gasteiger partial charge in [-0.25, -0.2) is 4.98 Å². The van der Waals surface area contributed by atoms with Gasteiger partial charge >= 0.3 is 0 Å². The third-order valence-corrected chi connectivity index (χ3v) is 7.23. The van der Waals surface area contributed by atoms with Crippen molar-refractivity contribution in [3.63, 3.8) is 0 Å². The van der Waals surface area contributed by atoms with Gasteiger partial charge in [0.05, 0.1) is 17.5 Å². The lowest BCUT2D eigenvalue weighted by Gasteiger charge is -2.29. The topological polar surface area (TPSA) is 63.2 Å². The number of hydrogen-bond donors (Lipinski definition) is 2. The molecule has 150 valence electrons. The lowest BCUT2D eigenvalue weighted by atomic mass is 9.85. The normalized spacial score (nSPS) is 26.5. The Morgan fingerprint density at radius 3 is 2.82 bits per heavy atom. The molecule has 28 heavy (non-hydrogen) atoms. The highest BCUT2D eigenvalue weighted by molar-refractivity contribution is 7.15. The van der Waals surface area contributed by atoms with Crippen LogP contribution in [0.1, 0.15) is 42.7 Å². The van der Waals surface area contributed by atoms with Crippen molar-refractivity contribution in [2.24, 2.45) is 5.92 Å². The van der Waals surface area contributed by atoms with Crippen LogP contribution >= 0.6 is 22.9 Å². The minimum absolute atomic E-state index is 0.0302. The van der Waals surface area contributed by atoms with E-state index in [1.54, 1.807) is 17.6 Å². The summed E-state index contributed by atoms with van der Waals surface area (Å²) >= 11 is 8.07. The van der Waals surface area contributed by atoms with Crippen molar-refractivity contribution in [3.05, 3.63) is 45.2 Å². The van der Waals surface area contributed by atoms with E-state index in [9.17, 15) is 4.79 Å². The molecule has 1 amide bonds. The number of halogens is 1. The Labute approximate surface area is 174 Å². The van der Waals surface area contributed by atoms with Crippen LogP contribution in [0.4, 0.5) is 5.13 Å². The van der Waals surface area contributed by atoms with Gasteiger partial charge in [-0.15, -0.1) is 11.3 Å². The molecular weight excluding hydrogens is 394 g/mol. The van der Waals surface area contributed by atoms with Gasteiger partial charge in [0.15, 0.2) is 5.13 Å². The summed E-state index contributed by atoms with van der Waals surface area (Å²) in [5, 5.41) is 8.26. The summed E-state index contributed by atoms with van der Waals surface area (Å²) in [5.41, 5.74) is 2.72. The van der Waals surface area contributed by atoms with Gasteiger partial charge in [0.1, 0.15) is 6.10 Å². The highest BCUT2D eigenvalue weighted by Gasteiger charge is 2.29. The molecule has 0 aromatic carbocycles. The number of hydrogen-bond acceptors (Lipinski definition) is 5. The van der Waals surface area contributed by atoms with Crippen molar-refractivity contribution in [1.82, 2.24) is 10.3 Å². The molecule has 7 heteroatoms. The molecule has 4 rings (SSSR count). The van der Waals surface area contributed by atoms with E-state index in [1.807, 2.05) is 19.1 Å². The van der Waals surface area contributed by atoms with Crippen LogP contribution in [-0.4, -0.2) is 29.6 Å². The highest BCUT2D eigenvalue weighted by Crippen LogP contribution is 2.33. The number of amides is 1. The third-order valence-electron chi connectivity index (χ3n) is 5.84. The lowest BCUT2D eigenvalue weighted by Crippen LogP contribution is -2.39. The second-order valence-corrected chi connectivity index (χ2v) is 9.49. The molecule has 2 aliphatic carbocycles. The van der Waals surface area contributed by atoms with Gasteiger partial charge in [0, 0.05) is 28.9 Å². The fraction of sp³-hybridized carbons (Fsp3) is 0.524. The van der Waals surface area contributed by atoms with E-state index in [0.717, 1.165) is 48.6 Å². The first-order valence-corrected chi connectivity index (χ1v) is 11.1. The van der Waals surface area contributed by atoms with E-state index in [-0.39, 0.29) is 18.1 Å². The van der Waals surface area contributed by atoms with Crippen LogP contribution in [0, 0.1) is 19.8 Å². The maximum absolute atomic E-state index is 12.7. The number of aryl methyl sites for hydroxylation is 2. The van der Waals surface area contributed by atoms with Gasteiger partial charge in [-0.1, -0.05) is 11.6 Å². The van der Waals surface area contributed by atoms with Crippen LogP contribution in [0.5, 0.6) is 0 Å². The minimum Gasteiger partial charge on any atom is -0.493 e. The molecule has 1 unspecified atom stereocenters. The Morgan fingerprint density at radius 2 is 2.11 bits per heavy atom. The summed E-state index contributed by atoms with van der Waals surface area (Å²) in [6.45, 7) is 5.10. The molecule has 1 aliphatic heterocycles. The zero-order valence-electron chi connectivity index (χ0n) is 16.3. The summed E-state index contributed by atoms with van der Waals surface area (Å²) in [6, 6.07) is 0.219. The molecule has 5 nitrogen and oxygen atoms in total. The SMILES string of the molecule is Cc1nc(NCC2CCC(NC(=O)C3=C(Cl)CC4OC=CC4=C3)CC2)sc1C. The van der Waals surface area contributed by atoms with Gasteiger partial charge in [0.25, 0.3) is 5.91 Å². The van der Waals surface area contributed by atoms with Crippen LogP contribution in [0.2, 0.25) is 0 Å². The van der Waals surface area contributed by atoms with E-state index in [0.29, 0.717) is 22.9 Å². The molecule has 1 aromatic heterocycles. The van der Waals surface area contributed by atoms with Crippen LogP contribution in [0.3, 0.4) is 0 Å². The average molecular weight is 420 g/mol. The Hall–Kier alpha value is -1.79. The summed E-state index contributed by atoms with van der Waals surface area (Å²) in [7, 11) is 0. The molecule has 0 bridgehead atoms. The number of nitrogens with zero attached hydrogens (tertiary/aromatic N) is 1. The van der Waals surface area contributed by atoms with Crippen molar-refractivity contribution in [1.29, 1.82) is 0 Å². The zero-order chi connectivity index (χ0) is 19.7. The molecule has 0 spiro atoms. The maximum Gasteiger partial charge on any atom is 0.252 e. The van der Waals surface area contributed by atoms with Crippen LogP contribution in [-0.2, 0) is 9.53 Å². The summed E-state index contributed by atoms with van der Waals surface area (Å²) in [6.07, 6.45) is 10.2. The number of carbonyl (C=O) groups is 1. The summed E-state index contributed by atoms with van der Waals surface area (Å²) < 4.78 is 5.47. The van der Waals surface area contributed by atoms with Gasteiger partial charge in [-0.3, -0.25) is 4.79 Å². The Bertz CT molecular complexity index is 830. The third kappa shape index (κ3) is 4.28. The van der Waals surface area contributed by atoms with Crippen molar-refractivity contribution < 1.29 is 9.53 Å². The fourth-order valence-corrected chi connectivity index (χ4v) is 5.07. The van der Waals surface area contributed by atoms with Crippen molar-refractivity contribution in [2.75, 3.05) is 11.9 Å².